The first-order valence-electron chi connectivity index (χ1n) is 15.7. The molecule has 0 aromatic heterocycles. The standard InChI is InChI=1S/C34H37ClFN5O6/c35-28-2-1-3-29(36)27(28)18-41-19-30-31(20-41)47-25-6-4-22(5-7-25)17-38-32(42)21-46-26-15-23(14-24(16-26)34(44)39-30)33(43)37-8-9-40-10-12-45-13-11-40/h1-7,14-16,30-31H,8-13,17-21H2,(H,37,43)(H,38,42)(H,39,44)/t30-,31-/m0/s1. The van der Waals surface area contributed by atoms with E-state index < -0.39 is 23.9 Å². The summed E-state index contributed by atoms with van der Waals surface area (Å²) in [5.74, 6) is -0.795. The molecule has 0 spiro atoms. The van der Waals surface area contributed by atoms with E-state index in [0.29, 0.717) is 55.7 Å². The zero-order chi connectivity index (χ0) is 32.8. The molecule has 4 heterocycles. The van der Waals surface area contributed by atoms with Crippen LogP contribution < -0.4 is 25.4 Å². The Hall–Kier alpha value is -4.23. The van der Waals surface area contributed by atoms with Crippen LogP contribution in [0.25, 0.3) is 0 Å². The third kappa shape index (κ3) is 8.58. The highest BCUT2D eigenvalue weighted by Gasteiger charge is 2.36. The second kappa shape index (κ2) is 15.1. The summed E-state index contributed by atoms with van der Waals surface area (Å²) in [6, 6.07) is 15.9. The van der Waals surface area contributed by atoms with Gasteiger partial charge in [0.25, 0.3) is 17.7 Å². The molecule has 0 saturated carbocycles. The molecule has 248 valence electrons. The molecular formula is C34H37ClFN5O6. The molecule has 2 atom stereocenters. The first-order valence-corrected chi connectivity index (χ1v) is 16.0. The molecule has 3 N–H and O–H groups in total. The van der Waals surface area contributed by atoms with E-state index in [2.05, 4.69) is 20.9 Å². The lowest BCUT2D eigenvalue weighted by Crippen LogP contribution is -2.45. The molecule has 2 fully saturated rings. The molecule has 4 aliphatic heterocycles. The van der Waals surface area contributed by atoms with Gasteiger partial charge in [0.05, 0.1) is 19.3 Å². The largest absolute Gasteiger partial charge is 0.487 e. The summed E-state index contributed by atoms with van der Waals surface area (Å²) in [6.07, 6.45) is -0.479. The summed E-state index contributed by atoms with van der Waals surface area (Å²) in [5, 5.41) is 9.12. The number of amides is 3. The van der Waals surface area contributed by atoms with Crippen molar-refractivity contribution < 1.29 is 33.0 Å². The molecular weight excluding hydrogens is 629 g/mol. The van der Waals surface area contributed by atoms with Gasteiger partial charge in [-0.25, -0.2) is 4.39 Å². The van der Waals surface area contributed by atoms with Crippen molar-refractivity contribution in [3.8, 4) is 11.5 Å². The van der Waals surface area contributed by atoms with Crippen molar-refractivity contribution in [2.45, 2.75) is 25.2 Å². The normalized spacial score (nSPS) is 20.7. The van der Waals surface area contributed by atoms with Crippen LogP contribution in [-0.2, 0) is 22.6 Å². The smallest absolute Gasteiger partial charge is 0.258 e. The first-order chi connectivity index (χ1) is 22.8. The number of likely N-dealkylation sites (tertiary alicyclic amines) is 1. The summed E-state index contributed by atoms with van der Waals surface area (Å²) in [5.41, 5.74) is 1.64. The van der Waals surface area contributed by atoms with E-state index in [1.807, 2.05) is 17.0 Å². The second-order valence-electron chi connectivity index (χ2n) is 11.8. The fourth-order valence-electron chi connectivity index (χ4n) is 5.86. The van der Waals surface area contributed by atoms with Gasteiger partial charge in [0.2, 0.25) is 0 Å². The number of nitrogens with one attached hydrogen (secondary N) is 3. The number of hydrogen-bond donors (Lipinski definition) is 3. The van der Waals surface area contributed by atoms with E-state index in [-0.39, 0.29) is 48.4 Å². The Morgan fingerprint density at radius 2 is 1.81 bits per heavy atom. The van der Waals surface area contributed by atoms with Crippen molar-refractivity contribution in [2.24, 2.45) is 0 Å². The number of nitrogens with zero attached hydrogens (tertiary/aromatic N) is 2. The first kappa shape index (κ1) is 32.7. The average Bonchev–Trinajstić information content (AvgIpc) is 3.45. The highest BCUT2D eigenvalue weighted by atomic mass is 35.5. The molecule has 4 bridgehead atoms. The Morgan fingerprint density at radius 3 is 2.60 bits per heavy atom. The number of fused-ring (bicyclic) bond motifs is 7. The summed E-state index contributed by atoms with van der Waals surface area (Å²) >= 11 is 6.32. The van der Waals surface area contributed by atoms with Gasteiger partial charge in [-0.2, -0.15) is 0 Å². The minimum absolute atomic E-state index is 0.184. The number of benzene rings is 3. The van der Waals surface area contributed by atoms with Crippen molar-refractivity contribution in [1.82, 2.24) is 25.8 Å². The number of rotatable bonds is 6. The maximum Gasteiger partial charge on any atom is 0.258 e. The Kier molecular flexibility index (Phi) is 10.5. The van der Waals surface area contributed by atoms with E-state index in [0.717, 1.165) is 18.7 Å². The predicted molar refractivity (Wildman–Crippen MR) is 172 cm³/mol. The minimum atomic E-state index is -0.484. The van der Waals surface area contributed by atoms with Gasteiger partial charge >= 0.3 is 0 Å². The highest BCUT2D eigenvalue weighted by Crippen LogP contribution is 2.26. The van der Waals surface area contributed by atoms with Crippen LogP contribution in [0.5, 0.6) is 11.5 Å². The number of halogens is 2. The second-order valence-corrected chi connectivity index (χ2v) is 12.2. The molecule has 0 unspecified atom stereocenters. The summed E-state index contributed by atoms with van der Waals surface area (Å²) in [4.78, 5) is 43.8. The topological polar surface area (TPSA) is 121 Å². The van der Waals surface area contributed by atoms with Gasteiger partial charge in [0.15, 0.2) is 6.61 Å². The fraction of sp³-hybridized carbons (Fsp3) is 0.382. The molecule has 13 heteroatoms. The summed E-state index contributed by atoms with van der Waals surface area (Å²) in [6.45, 7) is 4.96. The maximum absolute atomic E-state index is 14.7. The van der Waals surface area contributed by atoms with Crippen molar-refractivity contribution in [3.63, 3.8) is 0 Å². The number of morpholine rings is 1. The molecule has 2 saturated heterocycles. The van der Waals surface area contributed by atoms with Gasteiger partial charge in [0, 0.05) is 74.1 Å². The van der Waals surface area contributed by atoms with E-state index in [4.69, 9.17) is 25.8 Å². The van der Waals surface area contributed by atoms with Gasteiger partial charge in [-0.15, -0.1) is 0 Å². The van der Waals surface area contributed by atoms with E-state index in [1.165, 1.54) is 24.3 Å². The van der Waals surface area contributed by atoms with Crippen LogP contribution in [0.15, 0.2) is 60.7 Å². The lowest BCUT2D eigenvalue weighted by atomic mass is 10.1. The number of hydrogen-bond acceptors (Lipinski definition) is 8. The number of carbonyl (C=O) groups excluding carboxylic acids is 3. The molecule has 4 aliphatic rings. The van der Waals surface area contributed by atoms with Gasteiger partial charge in [-0.3, -0.25) is 24.2 Å². The SMILES string of the molecule is O=C1COc2cc(C(=O)NCCN3CCOCC3)cc(c2)C(=O)N[C@H]2CN(Cc3c(F)cccc3Cl)C[C@@H]2Oc2ccc(cc2)CN1. The van der Waals surface area contributed by atoms with Crippen molar-refractivity contribution >= 4 is 29.3 Å². The maximum atomic E-state index is 14.7. The Bertz CT molecular complexity index is 1580. The van der Waals surface area contributed by atoms with Gasteiger partial charge in [-0.05, 0) is 48.0 Å². The fourth-order valence-corrected chi connectivity index (χ4v) is 6.08. The minimum Gasteiger partial charge on any atom is -0.487 e. The molecule has 3 aromatic carbocycles. The Morgan fingerprint density at radius 1 is 1.00 bits per heavy atom. The number of ether oxygens (including phenoxy) is 3. The van der Waals surface area contributed by atoms with Crippen LogP contribution >= 0.6 is 11.6 Å². The third-order valence-electron chi connectivity index (χ3n) is 8.42. The Balaban J connectivity index is 1.23. The molecule has 11 nitrogen and oxygen atoms in total. The zero-order valence-electron chi connectivity index (χ0n) is 25.8. The molecule has 0 radical (unpaired) electrons. The van der Waals surface area contributed by atoms with Crippen LogP contribution in [-0.4, -0.2) is 98.8 Å². The van der Waals surface area contributed by atoms with Crippen molar-refractivity contribution in [3.05, 3.63) is 93.8 Å². The average molecular weight is 666 g/mol. The van der Waals surface area contributed by atoms with Crippen molar-refractivity contribution in [1.29, 1.82) is 0 Å². The van der Waals surface area contributed by atoms with Gasteiger partial charge < -0.3 is 30.2 Å². The summed E-state index contributed by atoms with van der Waals surface area (Å²) < 4.78 is 32.2. The molecule has 7 rings (SSSR count). The van der Waals surface area contributed by atoms with Crippen LogP contribution in [0.2, 0.25) is 5.02 Å². The van der Waals surface area contributed by atoms with Gasteiger partial charge in [-0.1, -0.05) is 29.8 Å². The number of carbonyl (C=O) groups is 3. The monoisotopic (exact) mass is 665 g/mol. The quantitative estimate of drug-likeness (QED) is 0.368. The molecule has 3 aromatic rings. The molecule has 0 aliphatic carbocycles. The van der Waals surface area contributed by atoms with E-state index in [9.17, 15) is 18.8 Å². The van der Waals surface area contributed by atoms with Crippen LogP contribution in [0.3, 0.4) is 0 Å². The van der Waals surface area contributed by atoms with Crippen LogP contribution in [0.4, 0.5) is 4.39 Å². The van der Waals surface area contributed by atoms with Gasteiger partial charge in [0.1, 0.15) is 23.4 Å². The molecule has 47 heavy (non-hydrogen) atoms. The summed E-state index contributed by atoms with van der Waals surface area (Å²) in [7, 11) is 0. The van der Waals surface area contributed by atoms with Crippen molar-refractivity contribution in [2.75, 3.05) is 59.1 Å². The third-order valence-corrected chi connectivity index (χ3v) is 8.77. The van der Waals surface area contributed by atoms with E-state index >= 15 is 0 Å². The van der Waals surface area contributed by atoms with E-state index in [1.54, 1.807) is 24.3 Å². The lowest BCUT2D eigenvalue weighted by Gasteiger charge is -2.26. The zero-order valence-corrected chi connectivity index (χ0v) is 26.6. The predicted octanol–water partition coefficient (Wildman–Crippen LogP) is 2.61. The highest BCUT2D eigenvalue weighted by molar-refractivity contribution is 6.31. The Labute approximate surface area is 277 Å². The molecule has 3 amide bonds. The van der Waals surface area contributed by atoms with Crippen LogP contribution in [0.1, 0.15) is 31.8 Å². The van der Waals surface area contributed by atoms with Crippen LogP contribution in [0, 0.1) is 5.82 Å². The lowest BCUT2D eigenvalue weighted by molar-refractivity contribution is -0.123.